The lowest BCUT2D eigenvalue weighted by Gasteiger charge is -2.18. The van der Waals surface area contributed by atoms with Crippen molar-refractivity contribution in [2.24, 2.45) is 5.92 Å². The first-order valence-corrected chi connectivity index (χ1v) is 10.1. The second-order valence-corrected chi connectivity index (χ2v) is 8.55. The number of fused-ring (bicyclic) bond motifs is 3. The van der Waals surface area contributed by atoms with Gasteiger partial charge in [0.25, 0.3) is 11.5 Å². The number of aryl methyl sites for hydroxylation is 1. The Bertz CT molecular complexity index is 1150. The molecule has 1 amide bonds. The van der Waals surface area contributed by atoms with Crippen molar-refractivity contribution in [1.82, 2.24) is 4.98 Å². The molecule has 1 aliphatic carbocycles. The van der Waals surface area contributed by atoms with Gasteiger partial charge in [0, 0.05) is 10.6 Å². The molecule has 0 saturated carbocycles. The van der Waals surface area contributed by atoms with Crippen molar-refractivity contribution >= 4 is 44.7 Å². The number of benzene rings is 1. The largest absolute Gasteiger partial charge is 0.506 e. The summed E-state index contributed by atoms with van der Waals surface area (Å²) in [6.45, 7) is 2.19. The SMILES string of the molecule is COc1ccc(NC(=O)c2c(O)c3c4c(sc3[nH]c2=O)C[C@@H](C)CC4)cc1Cl. The molecule has 0 fully saturated rings. The maximum absolute atomic E-state index is 12.7. The summed E-state index contributed by atoms with van der Waals surface area (Å²) in [5.41, 5.74) is 0.525. The number of anilines is 1. The van der Waals surface area contributed by atoms with Gasteiger partial charge in [-0.1, -0.05) is 18.5 Å². The number of hydrogen-bond acceptors (Lipinski definition) is 5. The molecule has 8 heteroatoms. The molecule has 3 N–H and O–H groups in total. The monoisotopic (exact) mass is 418 g/mol. The zero-order chi connectivity index (χ0) is 20.0. The van der Waals surface area contributed by atoms with Gasteiger partial charge in [-0.3, -0.25) is 9.59 Å². The van der Waals surface area contributed by atoms with E-state index in [9.17, 15) is 14.7 Å². The van der Waals surface area contributed by atoms with Crippen LogP contribution in [-0.4, -0.2) is 23.1 Å². The number of thiophene rings is 1. The van der Waals surface area contributed by atoms with Gasteiger partial charge in [-0.2, -0.15) is 0 Å². The third kappa shape index (κ3) is 3.14. The molecule has 6 nitrogen and oxygen atoms in total. The normalized spacial score (nSPS) is 16.0. The van der Waals surface area contributed by atoms with Crippen LogP contribution in [0.3, 0.4) is 0 Å². The van der Waals surface area contributed by atoms with Crippen LogP contribution < -0.4 is 15.6 Å². The fourth-order valence-electron chi connectivity index (χ4n) is 3.64. The lowest BCUT2D eigenvalue weighted by molar-refractivity contribution is 0.102. The molecule has 0 unspecified atom stereocenters. The predicted molar refractivity (Wildman–Crippen MR) is 111 cm³/mol. The number of ether oxygens (including phenoxy) is 1. The number of H-pyrrole nitrogens is 1. The minimum Gasteiger partial charge on any atom is -0.506 e. The van der Waals surface area contributed by atoms with Crippen LogP contribution in [0, 0.1) is 5.92 Å². The van der Waals surface area contributed by atoms with Gasteiger partial charge in [-0.05, 0) is 48.9 Å². The number of hydrogen-bond donors (Lipinski definition) is 3. The topological polar surface area (TPSA) is 91.4 Å². The summed E-state index contributed by atoms with van der Waals surface area (Å²) < 4.78 is 5.09. The Morgan fingerprint density at radius 2 is 2.21 bits per heavy atom. The Labute approximate surface area is 170 Å². The van der Waals surface area contributed by atoms with E-state index < -0.39 is 11.5 Å². The smallest absolute Gasteiger partial charge is 0.265 e. The third-order valence-corrected chi connectivity index (χ3v) is 6.54. The molecule has 4 rings (SSSR count). The molecule has 2 aromatic heterocycles. The second-order valence-electron chi connectivity index (χ2n) is 7.04. The molecular weight excluding hydrogens is 400 g/mol. The maximum Gasteiger partial charge on any atom is 0.265 e. The van der Waals surface area contributed by atoms with Gasteiger partial charge in [0.15, 0.2) is 0 Å². The summed E-state index contributed by atoms with van der Waals surface area (Å²) >= 11 is 7.57. The summed E-state index contributed by atoms with van der Waals surface area (Å²) in [6.07, 6.45) is 2.76. The van der Waals surface area contributed by atoms with Crippen molar-refractivity contribution in [3.63, 3.8) is 0 Å². The lowest BCUT2D eigenvalue weighted by Crippen LogP contribution is -2.23. The minimum atomic E-state index is -0.689. The highest BCUT2D eigenvalue weighted by atomic mass is 35.5. The molecule has 0 saturated heterocycles. The first kappa shape index (κ1) is 18.8. The van der Waals surface area contributed by atoms with Crippen molar-refractivity contribution < 1.29 is 14.6 Å². The Morgan fingerprint density at radius 3 is 2.93 bits per heavy atom. The highest BCUT2D eigenvalue weighted by Gasteiger charge is 2.27. The van der Waals surface area contributed by atoms with E-state index in [-0.39, 0.29) is 11.3 Å². The Hall–Kier alpha value is -2.51. The van der Waals surface area contributed by atoms with Gasteiger partial charge in [0.05, 0.1) is 17.5 Å². The number of carbonyl (C=O) groups is 1. The molecule has 146 valence electrons. The van der Waals surface area contributed by atoms with Crippen molar-refractivity contribution in [2.45, 2.75) is 26.2 Å². The van der Waals surface area contributed by atoms with E-state index in [1.807, 2.05) is 0 Å². The summed E-state index contributed by atoms with van der Waals surface area (Å²) in [7, 11) is 1.49. The standard InChI is InChI=1S/C20H19ClN2O4S/c1-9-3-5-11-14(7-9)28-20-15(11)17(24)16(19(26)23-20)18(25)22-10-4-6-13(27-2)12(21)8-10/h4,6,8-9H,3,5,7H2,1-2H3,(H,22,25)(H2,23,24,26)/t9-/m0/s1. The van der Waals surface area contributed by atoms with Crippen molar-refractivity contribution in [1.29, 1.82) is 0 Å². The van der Waals surface area contributed by atoms with Crippen LogP contribution in [0.15, 0.2) is 23.0 Å². The number of halogens is 1. The first-order chi connectivity index (χ1) is 13.4. The molecule has 1 aliphatic rings. The lowest BCUT2D eigenvalue weighted by atomic mass is 9.89. The molecule has 0 bridgehead atoms. The number of aromatic hydroxyl groups is 1. The molecule has 0 spiro atoms. The summed E-state index contributed by atoms with van der Waals surface area (Å²) in [5, 5.41) is 14.3. The van der Waals surface area contributed by atoms with Crippen LogP contribution >= 0.6 is 22.9 Å². The number of carbonyl (C=O) groups excluding carboxylic acids is 1. The number of methoxy groups -OCH3 is 1. The van der Waals surface area contributed by atoms with Crippen LogP contribution in [0.5, 0.6) is 11.5 Å². The van der Waals surface area contributed by atoms with Gasteiger partial charge in [-0.25, -0.2) is 0 Å². The molecule has 28 heavy (non-hydrogen) atoms. The average Bonchev–Trinajstić information content (AvgIpc) is 2.98. The molecule has 1 aromatic carbocycles. The van der Waals surface area contributed by atoms with Gasteiger partial charge in [0.1, 0.15) is 21.9 Å². The fraction of sp³-hybridized carbons (Fsp3) is 0.300. The van der Waals surface area contributed by atoms with E-state index in [1.54, 1.807) is 12.1 Å². The first-order valence-electron chi connectivity index (χ1n) is 8.93. The van der Waals surface area contributed by atoms with Crippen molar-refractivity contribution in [2.75, 3.05) is 12.4 Å². The van der Waals surface area contributed by atoms with Gasteiger partial charge in [-0.15, -0.1) is 11.3 Å². The number of pyridine rings is 1. The van der Waals surface area contributed by atoms with Crippen LogP contribution in [-0.2, 0) is 12.8 Å². The third-order valence-electron chi connectivity index (χ3n) is 5.08. The highest BCUT2D eigenvalue weighted by Crippen LogP contribution is 2.41. The molecule has 3 aromatic rings. The number of aromatic nitrogens is 1. The van der Waals surface area contributed by atoms with Crippen LogP contribution in [0.1, 0.15) is 34.1 Å². The van der Waals surface area contributed by atoms with Gasteiger partial charge >= 0.3 is 0 Å². The number of amides is 1. The van der Waals surface area contributed by atoms with E-state index >= 15 is 0 Å². The van der Waals surface area contributed by atoms with E-state index in [0.717, 1.165) is 24.8 Å². The summed E-state index contributed by atoms with van der Waals surface area (Å²) in [5.74, 6) is 0.0897. The predicted octanol–water partition coefficient (Wildman–Crippen LogP) is 4.33. The zero-order valence-electron chi connectivity index (χ0n) is 15.4. The minimum absolute atomic E-state index is 0.261. The Kier molecular flexibility index (Phi) is 4.81. The molecule has 1 atom stereocenters. The summed E-state index contributed by atoms with van der Waals surface area (Å²) in [6, 6.07) is 4.75. The number of rotatable bonds is 3. The van der Waals surface area contributed by atoms with Crippen molar-refractivity contribution in [3.8, 4) is 11.5 Å². The fourth-order valence-corrected chi connectivity index (χ4v) is 5.30. The maximum atomic E-state index is 12.7. The molecule has 0 radical (unpaired) electrons. The number of aromatic amines is 1. The Balaban J connectivity index is 1.75. The van der Waals surface area contributed by atoms with Crippen molar-refractivity contribution in [3.05, 3.63) is 49.6 Å². The summed E-state index contributed by atoms with van der Waals surface area (Å²) in [4.78, 5) is 29.8. The van der Waals surface area contributed by atoms with E-state index in [0.29, 0.717) is 32.6 Å². The Morgan fingerprint density at radius 1 is 1.43 bits per heavy atom. The average molecular weight is 419 g/mol. The van der Waals surface area contributed by atoms with E-state index in [4.69, 9.17) is 16.3 Å². The molecule has 0 aliphatic heterocycles. The van der Waals surface area contributed by atoms with Gasteiger partial charge < -0.3 is 20.1 Å². The highest BCUT2D eigenvalue weighted by molar-refractivity contribution is 7.18. The van der Waals surface area contributed by atoms with Crippen LogP contribution in [0.4, 0.5) is 5.69 Å². The van der Waals surface area contributed by atoms with E-state index in [1.165, 1.54) is 29.4 Å². The van der Waals surface area contributed by atoms with E-state index in [2.05, 4.69) is 17.2 Å². The quantitative estimate of drug-likeness (QED) is 0.590. The zero-order valence-corrected chi connectivity index (χ0v) is 17.0. The molecular formula is C20H19ClN2O4S. The van der Waals surface area contributed by atoms with Crippen LogP contribution in [0.2, 0.25) is 5.02 Å². The number of nitrogens with one attached hydrogen (secondary N) is 2. The van der Waals surface area contributed by atoms with Crippen LogP contribution in [0.25, 0.3) is 10.2 Å². The van der Waals surface area contributed by atoms with Gasteiger partial charge in [0.2, 0.25) is 0 Å². The second kappa shape index (κ2) is 7.14. The molecule has 2 heterocycles.